The number of nitrogens with zero attached hydrogens (tertiary/aromatic N) is 2. The molecule has 16 heavy (non-hydrogen) atoms. The largest absolute Gasteiger partial charge is 0.226 e. The molecule has 2 nitrogen and oxygen atoms in total. The Labute approximate surface area is 103 Å². The number of aryl methyl sites for hydroxylation is 1. The highest BCUT2D eigenvalue weighted by Crippen LogP contribution is 2.10. The lowest BCUT2D eigenvalue weighted by Crippen LogP contribution is -1.90. The molecular formula is C13H21ClN2. The zero-order valence-corrected chi connectivity index (χ0v) is 10.8. The van der Waals surface area contributed by atoms with Crippen molar-refractivity contribution in [3.8, 4) is 0 Å². The van der Waals surface area contributed by atoms with E-state index in [1.54, 1.807) is 0 Å². The summed E-state index contributed by atoms with van der Waals surface area (Å²) in [7, 11) is 0. The van der Waals surface area contributed by atoms with Crippen molar-refractivity contribution in [2.24, 2.45) is 0 Å². The Morgan fingerprint density at radius 3 is 2.12 bits per heavy atom. The second-order valence-electron chi connectivity index (χ2n) is 4.23. The third-order valence-corrected chi connectivity index (χ3v) is 2.94. The van der Waals surface area contributed by atoms with Crippen LogP contribution < -0.4 is 0 Å². The average Bonchev–Trinajstić information content (AvgIpc) is 2.30. The summed E-state index contributed by atoms with van der Waals surface area (Å²) in [5.41, 5.74) is 1.19. The zero-order chi connectivity index (χ0) is 11.6. The molecule has 0 N–H and O–H groups in total. The summed E-state index contributed by atoms with van der Waals surface area (Å²) >= 11 is 5.62. The molecule has 0 bridgehead atoms. The normalized spacial score (nSPS) is 10.6. The Hall–Kier alpha value is -0.630. The number of rotatable bonds is 8. The van der Waals surface area contributed by atoms with Crippen LogP contribution in [0.25, 0.3) is 0 Å². The first-order chi connectivity index (χ1) is 7.83. The first-order valence-corrected chi connectivity index (χ1v) is 6.67. The molecule has 0 aliphatic heterocycles. The van der Waals surface area contributed by atoms with E-state index in [1.165, 1.54) is 50.5 Å². The molecule has 0 atom stereocenters. The number of halogens is 1. The van der Waals surface area contributed by atoms with Gasteiger partial charge >= 0.3 is 0 Å². The van der Waals surface area contributed by atoms with Gasteiger partial charge in [-0.05, 0) is 30.0 Å². The van der Waals surface area contributed by atoms with Gasteiger partial charge in [0.15, 0.2) is 0 Å². The molecule has 0 saturated carbocycles. The van der Waals surface area contributed by atoms with E-state index in [-0.39, 0.29) is 0 Å². The summed E-state index contributed by atoms with van der Waals surface area (Å²) in [6, 6.07) is 0. The molecule has 0 aliphatic carbocycles. The molecule has 1 aromatic heterocycles. The Morgan fingerprint density at radius 2 is 1.50 bits per heavy atom. The fourth-order valence-corrected chi connectivity index (χ4v) is 1.85. The van der Waals surface area contributed by atoms with Crippen LogP contribution in [-0.2, 0) is 6.42 Å². The van der Waals surface area contributed by atoms with E-state index in [4.69, 9.17) is 11.6 Å². The molecule has 1 rings (SSSR count). The Kier molecular flexibility index (Phi) is 7.15. The van der Waals surface area contributed by atoms with Gasteiger partial charge in [-0.15, -0.1) is 0 Å². The molecule has 0 aliphatic rings. The van der Waals surface area contributed by atoms with E-state index < -0.39 is 0 Å². The van der Waals surface area contributed by atoms with Gasteiger partial charge < -0.3 is 0 Å². The van der Waals surface area contributed by atoms with Gasteiger partial charge in [0.05, 0.1) is 0 Å². The maximum absolute atomic E-state index is 5.62. The van der Waals surface area contributed by atoms with Crippen molar-refractivity contribution in [3.63, 3.8) is 0 Å². The third-order valence-electron chi connectivity index (χ3n) is 2.74. The predicted molar refractivity (Wildman–Crippen MR) is 68.7 cm³/mol. The fraction of sp³-hybridized carbons (Fsp3) is 0.692. The average molecular weight is 241 g/mol. The molecule has 0 unspecified atom stereocenters. The van der Waals surface area contributed by atoms with Crippen molar-refractivity contribution in [2.45, 2.75) is 58.3 Å². The molecule has 1 heterocycles. The lowest BCUT2D eigenvalue weighted by Gasteiger charge is -2.01. The first-order valence-electron chi connectivity index (χ1n) is 6.29. The molecular weight excluding hydrogens is 220 g/mol. The number of aromatic nitrogens is 2. The Bertz CT molecular complexity index is 272. The molecule has 0 saturated heterocycles. The van der Waals surface area contributed by atoms with E-state index in [9.17, 15) is 0 Å². The van der Waals surface area contributed by atoms with Gasteiger partial charge in [-0.2, -0.15) is 0 Å². The van der Waals surface area contributed by atoms with Gasteiger partial charge in [-0.1, -0.05) is 45.4 Å². The monoisotopic (exact) mass is 240 g/mol. The highest BCUT2D eigenvalue weighted by Gasteiger charge is 1.96. The quantitative estimate of drug-likeness (QED) is 0.497. The Balaban J connectivity index is 2.01. The van der Waals surface area contributed by atoms with Crippen LogP contribution in [0.1, 0.15) is 57.4 Å². The minimum Gasteiger partial charge on any atom is -0.226 e. The number of hydrogen-bond donors (Lipinski definition) is 0. The molecule has 0 aromatic carbocycles. The van der Waals surface area contributed by atoms with E-state index in [0.29, 0.717) is 5.28 Å². The van der Waals surface area contributed by atoms with Crippen LogP contribution >= 0.6 is 11.6 Å². The Morgan fingerprint density at radius 1 is 0.938 bits per heavy atom. The number of unbranched alkanes of at least 4 members (excludes halogenated alkanes) is 6. The van der Waals surface area contributed by atoms with Crippen LogP contribution in [0.3, 0.4) is 0 Å². The topological polar surface area (TPSA) is 25.8 Å². The van der Waals surface area contributed by atoms with E-state index >= 15 is 0 Å². The molecule has 3 heteroatoms. The third kappa shape index (κ3) is 6.06. The second-order valence-corrected chi connectivity index (χ2v) is 4.57. The van der Waals surface area contributed by atoms with Crippen LogP contribution in [0, 0.1) is 0 Å². The van der Waals surface area contributed by atoms with Crippen LogP contribution in [0.2, 0.25) is 5.28 Å². The summed E-state index contributed by atoms with van der Waals surface area (Å²) in [6.45, 7) is 2.25. The van der Waals surface area contributed by atoms with E-state index in [2.05, 4.69) is 16.9 Å². The summed E-state index contributed by atoms with van der Waals surface area (Å²) in [5.74, 6) is 0. The fourth-order valence-electron chi connectivity index (χ4n) is 1.75. The first kappa shape index (κ1) is 13.4. The molecule has 0 fully saturated rings. The van der Waals surface area contributed by atoms with Gasteiger partial charge in [0.1, 0.15) is 0 Å². The molecule has 1 aromatic rings. The highest BCUT2D eigenvalue weighted by molar-refractivity contribution is 6.28. The molecule has 0 radical (unpaired) electrons. The van der Waals surface area contributed by atoms with Crippen molar-refractivity contribution in [2.75, 3.05) is 0 Å². The maximum Gasteiger partial charge on any atom is 0.222 e. The van der Waals surface area contributed by atoms with Crippen molar-refractivity contribution in [1.82, 2.24) is 9.97 Å². The maximum atomic E-state index is 5.62. The lowest BCUT2D eigenvalue weighted by molar-refractivity contribution is 0.589. The van der Waals surface area contributed by atoms with Crippen LogP contribution in [-0.4, -0.2) is 9.97 Å². The standard InChI is InChI=1S/C13H21ClN2/c1-2-3-4-5-6-7-8-9-12-10-15-13(14)16-11-12/h10-11H,2-9H2,1H3. The van der Waals surface area contributed by atoms with Gasteiger partial charge in [0, 0.05) is 12.4 Å². The summed E-state index contributed by atoms with van der Waals surface area (Å²) < 4.78 is 0. The summed E-state index contributed by atoms with van der Waals surface area (Å²) in [4.78, 5) is 7.95. The van der Waals surface area contributed by atoms with Crippen molar-refractivity contribution in [1.29, 1.82) is 0 Å². The van der Waals surface area contributed by atoms with Gasteiger partial charge in [0.2, 0.25) is 5.28 Å². The van der Waals surface area contributed by atoms with Crippen molar-refractivity contribution in [3.05, 3.63) is 23.2 Å². The highest BCUT2D eigenvalue weighted by atomic mass is 35.5. The predicted octanol–water partition coefficient (Wildman–Crippen LogP) is 4.42. The minimum absolute atomic E-state index is 0.336. The van der Waals surface area contributed by atoms with Crippen LogP contribution in [0.5, 0.6) is 0 Å². The molecule has 0 spiro atoms. The van der Waals surface area contributed by atoms with E-state index in [1.807, 2.05) is 12.4 Å². The summed E-state index contributed by atoms with van der Waals surface area (Å²) in [6.07, 6.45) is 14.1. The second kappa shape index (κ2) is 8.51. The van der Waals surface area contributed by atoms with Crippen LogP contribution in [0.4, 0.5) is 0 Å². The number of hydrogen-bond acceptors (Lipinski definition) is 2. The van der Waals surface area contributed by atoms with Crippen molar-refractivity contribution >= 4 is 11.6 Å². The SMILES string of the molecule is CCCCCCCCCc1cnc(Cl)nc1. The van der Waals surface area contributed by atoms with Crippen LogP contribution in [0.15, 0.2) is 12.4 Å². The van der Waals surface area contributed by atoms with Gasteiger partial charge in [-0.25, -0.2) is 9.97 Å². The van der Waals surface area contributed by atoms with Crippen molar-refractivity contribution < 1.29 is 0 Å². The van der Waals surface area contributed by atoms with Gasteiger partial charge in [-0.3, -0.25) is 0 Å². The lowest BCUT2D eigenvalue weighted by atomic mass is 10.1. The van der Waals surface area contributed by atoms with Gasteiger partial charge in [0.25, 0.3) is 0 Å². The minimum atomic E-state index is 0.336. The smallest absolute Gasteiger partial charge is 0.222 e. The zero-order valence-electron chi connectivity index (χ0n) is 10.1. The van der Waals surface area contributed by atoms with E-state index in [0.717, 1.165) is 6.42 Å². The molecule has 90 valence electrons. The molecule has 0 amide bonds. The summed E-state index contributed by atoms with van der Waals surface area (Å²) in [5, 5.41) is 0.336.